The van der Waals surface area contributed by atoms with Crippen molar-refractivity contribution in [2.24, 2.45) is 0 Å². The van der Waals surface area contributed by atoms with Gasteiger partial charge in [0.1, 0.15) is 11.0 Å². The van der Waals surface area contributed by atoms with Gasteiger partial charge in [-0.3, -0.25) is 0 Å². The van der Waals surface area contributed by atoms with Crippen LogP contribution in [0.3, 0.4) is 0 Å². The molecule has 0 bridgehead atoms. The van der Waals surface area contributed by atoms with Crippen molar-refractivity contribution in [3.63, 3.8) is 0 Å². The Morgan fingerprint density at radius 1 is 0.968 bits per heavy atom. The molecular formula is C24H35ClN6. The summed E-state index contributed by atoms with van der Waals surface area (Å²) in [6.07, 6.45) is 2.07. The Morgan fingerprint density at radius 2 is 1.68 bits per heavy atom. The van der Waals surface area contributed by atoms with Gasteiger partial charge in [0, 0.05) is 56.1 Å². The largest absolute Gasteiger partial charge is 0.369 e. The van der Waals surface area contributed by atoms with E-state index in [-0.39, 0.29) is 0 Å². The van der Waals surface area contributed by atoms with E-state index in [1.54, 1.807) is 0 Å². The summed E-state index contributed by atoms with van der Waals surface area (Å²) in [5.41, 5.74) is 3.39. The van der Waals surface area contributed by atoms with Gasteiger partial charge in [0.05, 0.1) is 0 Å². The fraction of sp³-hybridized carbons (Fsp3) is 0.583. The Balaban J connectivity index is 1.47. The van der Waals surface area contributed by atoms with Gasteiger partial charge in [0.15, 0.2) is 5.82 Å². The quantitative estimate of drug-likeness (QED) is 0.581. The number of rotatable bonds is 8. The van der Waals surface area contributed by atoms with E-state index < -0.39 is 0 Å². The summed E-state index contributed by atoms with van der Waals surface area (Å²) in [6, 6.07) is 8.64. The van der Waals surface area contributed by atoms with Crippen molar-refractivity contribution in [3.8, 4) is 11.4 Å². The van der Waals surface area contributed by atoms with Crippen molar-refractivity contribution in [3.05, 3.63) is 35.0 Å². The Morgan fingerprint density at radius 3 is 2.35 bits per heavy atom. The van der Waals surface area contributed by atoms with Crippen LogP contribution in [-0.2, 0) is 6.42 Å². The summed E-state index contributed by atoms with van der Waals surface area (Å²) < 4.78 is 0. The number of aromatic nitrogens is 2. The lowest BCUT2D eigenvalue weighted by Gasteiger charge is -2.34. The van der Waals surface area contributed by atoms with Crippen LogP contribution in [0.4, 0.5) is 11.5 Å². The molecule has 0 spiro atoms. The van der Waals surface area contributed by atoms with E-state index in [0.29, 0.717) is 5.15 Å². The average Bonchev–Trinajstić information content (AvgIpc) is 3.21. The highest BCUT2D eigenvalue weighted by Crippen LogP contribution is 2.33. The Hall–Kier alpha value is -1.89. The number of nitrogens with zero attached hydrogens (tertiary/aromatic N) is 6. The molecule has 0 unspecified atom stereocenters. The molecule has 0 aliphatic carbocycles. The van der Waals surface area contributed by atoms with E-state index in [0.717, 1.165) is 94.5 Å². The Labute approximate surface area is 191 Å². The molecule has 1 aromatic carbocycles. The van der Waals surface area contributed by atoms with Crippen LogP contribution in [0.5, 0.6) is 0 Å². The van der Waals surface area contributed by atoms with Crippen LogP contribution >= 0.6 is 11.6 Å². The molecule has 6 nitrogen and oxygen atoms in total. The van der Waals surface area contributed by atoms with E-state index in [1.165, 1.54) is 5.69 Å². The van der Waals surface area contributed by atoms with Gasteiger partial charge in [0.25, 0.3) is 0 Å². The van der Waals surface area contributed by atoms with Crippen molar-refractivity contribution < 1.29 is 0 Å². The highest BCUT2D eigenvalue weighted by atomic mass is 35.5. The second kappa shape index (κ2) is 10.2. The zero-order valence-electron chi connectivity index (χ0n) is 19.1. The third kappa shape index (κ3) is 5.13. The number of hydrogen-bond acceptors (Lipinski definition) is 6. The van der Waals surface area contributed by atoms with Gasteiger partial charge in [-0.05, 0) is 63.8 Å². The van der Waals surface area contributed by atoms with Crippen molar-refractivity contribution in [2.75, 3.05) is 75.8 Å². The summed E-state index contributed by atoms with van der Waals surface area (Å²) >= 11 is 6.59. The van der Waals surface area contributed by atoms with Crippen LogP contribution in [0.15, 0.2) is 24.3 Å². The van der Waals surface area contributed by atoms with Crippen LogP contribution in [0.2, 0.25) is 5.15 Å². The van der Waals surface area contributed by atoms with Gasteiger partial charge in [-0.25, -0.2) is 9.97 Å². The molecule has 4 rings (SSSR count). The molecule has 1 saturated heterocycles. The number of hydrogen-bond donors (Lipinski definition) is 0. The van der Waals surface area contributed by atoms with Crippen LogP contribution in [0.25, 0.3) is 11.4 Å². The minimum Gasteiger partial charge on any atom is -0.369 e. The number of piperazine rings is 1. The first kappa shape index (κ1) is 22.3. The molecule has 2 aliphatic rings. The topological polar surface area (TPSA) is 38.7 Å². The predicted octanol–water partition coefficient (Wildman–Crippen LogP) is 3.64. The van der Waals surface area contributed by atoms with E-state index in [9.17, 15) is 0 Å². The molecular weight excluding hydrogens is 408 g/mol. The van der Waals surface area contributed by atoms with Crippen molar-refractivity contribution >= 4 is 23.1 Å². The molecule has 31 heavy (non-hydrogen) atoms. The molecule has 0 saturated carbocycles. The predicted molar refractivity (Wildman–Crippen MR) is 131 cm³/mol. The number of anilines is 2. The van der Waals surface area contributed by atoms with Crippen molar-refractivity contribution in [1.82, 2.24) is 19.8 Å². The van der Waals surface area contributed by atoms with Crippen LogP contribution in [0, 0.1) is 0 Å². The first-order valence-electron chi connectivity index (χ1n) is 11.7. The zero-order chi connectivity index (χ0) is 21.8. The molecule has 3 heterocycles. The fourth-order valence-electron chi connectivity index (χ4n) is 4.53. The molecule has 1 fully saturated rings. The van der Waals surface area contributed by atoms with Gasteiger partial charge < -0.3 is 19.6 Å². The van der Waals surface area contributed by atoms with E-state index in [1.807, 2.05) is 0 Å². The third-order valence-corrected chi connectivity index (χ3v) is 6.97. The first-order chi connectivity index (χ1) is 15.1. The summed E-state index contributed by atoms with van der Waals surface area (Å²) in [4.78, 5) is 19.3. The molecule has 2 aliphatic heterocycles. The molecule has 2 aromatic rings. The second-order valence-corrected chi connectivity index (χ2v) is 8.95. The highest BCUT2D eigenvalue weighted by molar-refractivity contribution is 6.30. The van der Waals surface area contributed by atoms with Gasteiger partial charge in [-0.1, -0.05) is 25.4 Å². The first-order valence-corrected chi connectivity index (χ1v) is 12.0. The normalized spacial score (nSPS) is 16.9. The maximum Gasteiger partial charge on any atom is 0.163 e. The van der Waals surface area contributed by atoms with Gasteiger partial charge >= 0.3 is 0 Å². The minimum atomic E-state index is 0.606. The lowest BCUT2D eigenvalue weighted by atomic mass is 10.1. The zero-order valence-corrected chi connectivity index (χ0v) is 19.9. The highest BCUT2D eigenvalue weighted by Gasteiger charge is 2.25. The van der Waals surface area contributed by atoms with Crippen molar-refractivity contribution in [2.45, 2.75) is 26.7 Å². The summed E-state index contributed by atoms with van der Waals surface area (Å²) in [5, 5.41) is 0.606. The molecule has 0 amide bonds. The van der Waals surface area contributed by atoms with E-state index >= 15 is 0 Å². The molecule has 7 heteroatoms. The summed E-state index contributed by atoms with van der Waals surface area (Å²) in [6.45, 7) is 14.1. The maximum absolute atomic E-state index is 6.59. The fourth-order valence-corrected chi connectivity index (χ4v) is 4.79. The standard InChI is InChI=1S/C24H35ClN6/c1-4-29(5-2)12-6-13-31-14-11-21-22(25)26-23(27-24(21)31)19-7-9-20(10-8-19)30-17-15-28(3)16-18-30/h7-10H,4-6,11-18H2,1-3H3. The Kier molecular flexibility index (Phi) is 7.31. The minimum absolute atomic E-state index is 0.606. The Bertz CT molecular complexity index is 859. The summed E-state index contributed by atoms with van der Waals surface area (Å²) in [7, 11) is 2.18. The third-order valence-electron chi connectivity index (χ3n) is 6.66. The lowest BCUT2D eigenvalue weighted by molar-refractivity contribution is 0.301. The lowest BCUT2D eigenvalue weighted by Crippen LogP contribution is -2.44. The van der Waals surface area contributed by atoms with Crippen LogP contribution < -0.4 is 9.80 Å². The molecule has 0 radical (unpaired) electrons. The monoisotopic (exact) mass is 442 g/mol. The molecule has 0 atom stereocenters. The summed E-state index contributed by atoms with van der Waals surface area (Å²) in [5.74, 6) is 1.75. The second-order valence-electron chi connectivity index (χ2n) is 8.59. The molecule has 168 valence electrons. The molecule has 0 N–H and O–H groups in total. The number of benzene rings is 1. The van der Waals surface area contributed by atoms with E-state index in [2.05, 4.69) is 69.7 Å². The SMILES string of the molecule is CCN(CC)CCCN1CCc2c(Cl)nc(-c3ccc(N4CCN(C)CC4)cc3)nc21. The van der Waals surface area contributed by atoms with Gasteiger partial charge in [0.2, 0.25) is 0 Å². The molecule has 1 aromatic heterocycles. The van der Waals surface area contributed by atoms with Crippen LogP contribution in [0.1, 0.15) is 25.8 Å². The van der Waals surface area contributed by atoms with Crippen LogP contribution in [-0.4, -0.2) is 85.7 Å². The number of halogens is 1. The van der Waals surface area contributed by atoms with Gasteiger partial charge in [-0.2, -0.15) is 0 Å². The maximum atomic E-state index is 6.59. The number of fused-ring (bicyclic) bond motifs is 1. The number of likely N-dealkylation sites (N-methyl/N-ethyl adjacent to an activating group) is 1. The van der Waals surface area contributed by atoms with E-state index in [4.69, 9.17) is 16.6 Å². The van der Waals surface area contributed by atoms with Gasteiger partial charge in [-0.15, -0.1) is 0 Å². The van der Waals surface area contributed by atoms with Crippen molar-refractivity contribution in [1.29, 1.82) is 0 Å². The average molecular weight is 443 g/mol. The smallest absolute Gasteiger partial charge is 0.163 e.